The van der Waals surface area contributed by atoms with E-state index in [0.717, 1.165) is 28.7 Å². The molecule has 26 heavy (non-hydrogen) atoms. The molecule has 0 unspecified atom stereocenters. The number of nitrogens with zero attached hydrogens (tertiary/aromatic N) is 2. The fourth-order valence-corrected chi connectivity index (χ4v) is 4.31. The second kappa shape index (κ2) is 7.92. The van der Waals surface area contributed by atoms with Gasteiger partial charge in [0.05, 0.1) is 4.91 Å². The molecule has 4 rings (SSSR count). The first-order chi connectivity index (χ1) is 12.8. The Labute approximate surface area is 158 Å². The zero-order valence-corrected chi connectivity index (χ0v) is 15.5. The predicted molar refractivity (Wildman–Crippen MR) is 110 cm³/mol. The highest BCUT2D eigenvalue weighted by molar-refractivity contribution is 8.18. The van der Waals surface area contributed by atoms with Gasteiger partial charge in [0.25, 0.3) is 5.91 Å². The fourth-order valence-electron chi connectivity index (χ4n) is 3.35. The van der Waals surface area contributed by atoms with E-state index in [0.29, 0.717) is 0 Å². The van der Waals surface area contributed by atoms with Crippen LogP contribution in [0.25, 0.3) is 17.2 Å². The lowest BCUT2D eigenvalue weighted by Gasteiger charge is -2.20. The second-order valence-electron chi connectivity index (χ2n) is 6.70. The molecule has 0 spiro atoms. The summed E-state index contributed by atoms with van der Waals surface area (Å²) in [6.45, 7) is 2.02. The van der Waals surface area contributed by atoms with Crippen LogP contribution in [0.2, 0.25) is 0 Å². The van der Waals surface area contributed by atoms with Crippen molar-refractivity contribution >= 4 is 28.9 Å². The molecule has 1 saturated heterocycles. The third-order valence-electron chi connectivity index (χ3n) is 4.80. The summed E-state index contributed by atoms with van der Waals surface area (Å²) in [5.41, 5.74) is 3.41. The summed E-state index contributed by atoms with van der Waals surface area (Å²) >= 11 is 1.52. The summed E-state index contributed by atoms with van der Waals surface area (Å²) in [6, 6.07) is 18.6. The molecule has 0 bridgehead atoms. The minimum Gasteiger partial charge on any atom is -0.351 e. The van der Waals surface area contributed by atoms with Crippen LogP contribution in [0.4, 0.5) is 0 Å². The van der Waals surface area contributed by atoms with Crippen LogP contribution in [-0.4, -0.2) is 29.1 Å². The van der Waals surface area contributed by atoms with Crippen molar-refractivity contribution in [1.82, 2.24) is 4.90 Å². The van der Waals surface area contributed by atoms with Gasteiger partial charge in [-0.05, 0) is 47.4 Å². The summed E-state index contributed by atoms with van der Waals surface area (Å²) in [4.78, 5) is 19.6. The summed E-state index contributed by atoms with van der Waals surface area (Å²) in [7, 11) is 0. The number of rotatable bonds is 2. The monoisotopic (exact) mass is 362 g/mol. The van der Waals surface area contributed by atoms with Gasteiger partial charge in [0.1, 0.15) is 0 Å². The number of benzene rings is 2. The number of amides is 1. The first-order valence-electron chi connectivity index (χ1n) is 9.23. The van der Waals surface area contributed by atoms with E-state index in [1.807, 2.05) is 24.3 Å². The van der Waals surface area contributed by atoms with Crippen LogP contribution >= 0.6 is 11.8 Å². The van der Waals surface area contributed by atoms with Crippen molar-refractivity contribution in [3.63, 3.8) is 0 Å². The highest BCUT2D eigenvalue weighted by Crippen LogP contribution is 2.31. The van der Waals surface area contributed by atoms with Crippen LogP contribution in [0.1, 0.15) is 31.2 Å². The predicted octanol–water partition coefficient (Wildman–Crippen LogP) is 5.20. The molecule has 2 aromatic carbocycles. The molecule has 132 valence electrons. The standard InChI is InChI=1S/C22H22N2OS/c25-21-20(26-22(23-21)24-14-6-1-2-7-15-24)16-17-10-12-19(13-11-17)18-8-4-3-5-9-18/h3-5,8-13,16H,1-2,6-7,14-15H2. The minimum absolute atomic E-state index is 0.110. The second-order valence-corrected chi connectivity index (χ2v) is 7.71. The molecule has 2 aromatic rings. The Hall–Kier alpha value is -2.33. The Kier molecular flexibility index (Phi) is 5.21. The van der Waals surface area contributed by atoms with Gasteiger partial charge in [-0.1, -0.05) is 67.4 Å². The van der Waals surface area contributed by atoms with Gasteiger partial charge >= 0.3 is 0 Å². The number of amidine groups is 1. The molecule has 0 aromatic heterocycles. The van der Waals surface area contributed by atoms with Crippen molar-refractivity contribution in [2.24, 2.45) is 4.99 Å². The van der Waals surface area contributed by atoms with E-state index in [9.17, 15) is 4.79 Å². The van der Waals surface area contributed by atoms with Gasteiger partial charge in [0.2, 0.25) is 0 Å². The maximum absolute atomic E-state index is 12.3. The minimum atomic E-state index is -0.110. The van der Waals surface area contributed by atoms with Crippen molar-refractivity contribution in [3.8, 4) is 11.1 Å². The SMILES string of the molecule is O=C1N=C(N2CCCCCC2)SC1=Cc1ccc(-c2ccccc2)cc1. The molecule has 2 heterocycles. The molecule has 0 N–H and O–H groups in total. The Morgan fingerprint density at radius 1 is 0.846 bits per heavy atom. The highest BCUT2D eigenvalue weighted by Gasteiger charge is 2.26. The largest absolute Gasteiger partial charge is 0.351 e. The first-order valence-corrected chi connectivity index (χ1v) is 10.0. The van der Waals surface area contributed by atoms with Gasteiger partial charge in [0, 0.05) is 13.1 Å². The number of likely N-dealkylation sites (tertiary alicyclic amines) is 1. The lowest BCUT2D eigenvalue weighted by atomic mass is 10.0. The number of carbonyl (C=O) groups is 1. The van der Waals surface area contributed by atoms with Crippen molar-refractivity contribution in [2.45, 2.75) is 25.7 Å². The lowest BCUT2D eigenvalue weighted by Crippen LogP contribution is -2.28. The average molecular weight is 362 g/mol. The fraction of sp³-hybridized carbons (Fsp3) is 0.273. The Morgan fingerprint density at radius 3 is 2.19 bits per heavy atom. The number of hydrogen-bond donors (Lipinski definition) is 0. The van der Waals surface area contributed by atoms with Crippen molar-refractivity contribution < 1.29 is 4.79 Å². The summed E-state index contributed by atoms with van der Waals surface area (Å²) < 4.78 is 0. The van der Waals surface area contributed by atoms with Crippen LogP contribution in [0, 0.1) is 0 Å². The van der Waals surface area contributed by atoms with E-state index in [-0.39, 0.29) is 5.91 Å². The molecule has 3 nitrogen and oxygen atoms in total. The molecular weight excluding hydrogens is 340 g/mol. The summed E-state index contributed by atoms with van der Waals surface area (Å²) in [5, 5.41) is 0.879. The van der Waals surface area contributed by atoms with E-state index < -0.39 is 0 Å². The van der Waals surface area contributed by atoms with Crippen LogP contribution in [0.15, 0.2) is 64.5 Å². The zero-order chi connectivity index (χ0) is 17.8. The number of aliphatic imine (C=N–C) groups is 1. The zero-order valence-electron chi connectivity index (χ0n) is 14.7. The van der Waals surface area contributed by atoms with E-state index >= 15 is 0 Å². The van der Waals surface area contributed by atoms with Crippen molar-refractivity contribution in [2.75, 3.05) is 13.1 Å². The molecule has 0 atom stereocenters. The number of thioether (sulfide) groups is 1. The molecule has 1 fully saturated rings. The third-order valence-corrected chi connectivity index (χ3v) is 5.85. The maximum atomic E-state index is 12.3. The Balaban J connectivity index is 1.48. The smallest absolute Gasteiger partial charge is 0.286 e. The van der Waals surface area contributed by atoms with Crippen LogP contribution in [0.3, 0.4) is 0 Å². The van der Waals surface area contributed by atoms with E-state index in [2.05, 4.69) is 46.3 Å². The van der Waals surface area contributed by atoms with Crippen LogP contribution < -0.4 is 0 Å². The summed E-state index contributed by atoms with van der Waals surface area (Å²) in [6.07, 6.45) is 6.88. The van der Waals surface area contributed by atoms with Crippen molar-refractivity contribution in [3.05, 3.63) is 65.1 Å². The van der Waals surface area contributed by atoms with E-state index in [1.54, 1.807) is 0 Å². The van der Waals surface area contributed by atoms with Gasteiger partial charge in [-0.25, -0.2) is 0 Å². The van der Waals surface area contributed by atoms with Gasteiger partial charge in [-0.15, -0.1) is 0 Å². The number of carbonyl (C=O) groups excluding carboxylic acids is 1. The quantitative estimate of drug-likeness (QED) is 0.688. The first kappa shape index (κ1) is 17.1. The van der Waals surface area contributed by atoms with Gasteiger partial charge in [-0.3, -0.25) is 4.79 Å². The molecule has 2 aliphatic heterocycles. The topological polar surface area (TPSA) is 32.7 Å². The Bertz CT molecular complexity index is 832. The average Bonchev–Trinajstić information content (AvgIpc) is 2.88. The molecular formula is C22H22N2OS. The molecule has 0 aliphatic carbocycles. The van der Waals surface area contributed by atoms with Gasteiger partial charge in [-0.2, -0.15) is 4.99 Å². The van der Waals surface area contributed by atoms with E-state index in [1.165, 1.54) is 48.6 Å². The van der Waals surface area contributed by atoms with Crippen LogP contribution in [0.5, 0.6) is 0 Å². The third kappa shape index (κ3) is 3.91. The molecule has 0 saturated carbocycles. The van der Waals surface area contributed by atoms with Gasteiger partial charge < -0.3 is 4.90 Å². The summed E-state index contributed by atoms with van der Waals surface area (Å²) in [5.74, 6) is -0.110. The molecule has 0 radical (unpaired) electrons. The Morgan fingerprint density at radius 2 is 1.50 bits per heavy atom. The number of hydrogen-bond acceptors (Lipinski definition) is 3. The van der Waals surface area contributed by atoms with Gasteiger partial charge in [0.15, 0.2) is 5.17 Å². The lowest BCUT2D eigenvalue weighted by molar-refractivity contribution is -0.113. The maximum Gasteiger partial charge on any atom is 0.286 e. The van der Waals surface area contributed by atoms with Crippen molar-refractivity contribution in [1.29, 1.82) is 0 Å². The highest BCUT2D eigenvalue weighted by atomic mass is 32.2. The molecule has 2 aliphatic rings. The van der Waals surface area contributed by atoms with E-state index in [4.69, 9.17) is 0 Å². The normalized spacial score (nSPS) is 19.5. The molecule has 1 amide bonds. The van der Waals surface area contributed by atoms with Crippen LogP contribution in [-0.2, 0) is 4.79 Å². The molecule has 4 heteroatoms.